The van der Waals surface area contributed by atoms with Crippen molar-refractivity contribution in [1.29, 1.82) is 0 Å². The molecule has 192 valence electrons. The minimum absolute atomic E-state index is 0.366. The first-order valence-corrected chi connectivity index (χ1v) is 12.2. The molecule has 5 aromatic rings. The van der Waals surface area contributed by atoms with Crippen LogP contribution in [0.25, 0.3) is 33.2 Å². The van der Waals surface area contributed by atoms with Crippen molar-refractivity contribution in [3.63, 3.8) is 0 Å². The van der Waals surface area contributed by atoms with E-state index in [1.165, 1.54) is 4.68 Å². The summed E-state index contributed by atoms with van der Waals surface area (Å²) in [6.07, 6.45) is 3.47. The fraction of sp³-hybridized carbons (Fsp3) is 0.207. The molecule has 0 amide bonds. The van der Waals surface area contributed by atoms with Gasteiger partial charge in [-0.05, 0) is 63.1 Å². The van der Waals surface area contributed by atoms with Gasteiger partial charge >= 0.3 is 12.1 Å². The molecular weight excluding hydrogens is 482 g/mol. The van der Waals surface area contributed by atoms with Crippen LogP contribution in [0.1, 0.15) is 36.7 Å². The van der Waals surface area contributed by atoms with E-state index in [0.29, 0.717) is 34.4 Å². The van der Waals surface area contributed by atoms with Gasteiger partial charge in [-0.3, -0.25) is 4.98 Å². The molecule has 0 spiro atoms. The first-order chi connectivity index (χ1) is 18.3. The Bertz CT molecular complexity index is 1620. The lowest BCUT2D eigenvalue weighted by atomic mass is 10.1. The lowest BCUT2D eigenvalue weighted by Crippen LogP contribution is -2.27. The van der Waals surface area contributed by atoms with E-state index in [1.807, 2.05) is 42.5 Å². The summed E-state index contributed by atoms with van der Waals surface area (Å²) in [6.45, 7) is 5.92. The fourth-order valence-electron chi connectivity index (χ4n) is 3.94. The number of benzene rings is 3. The quantitative estimate of drug-likeness (QED) is 0.242. The van der Waals surface area contributed by atoms with E-state index in [9.17, 15) is 9.59 Å². The molecule has 38 heavy (non-hydrogen) atoms. The van der Waals surface area contributed by atoms with Crippen LogP contribution in [0.2, 0.25) is 0 Å². The topological polar surface area (TPSA) is 108 Å². The van der Waals surface area contributed by atoms with Crippen LogP contribution in [0.4, 0.5) is 4.79 Å². The van der Waals surface area contributed by atoms with Crippen molar-refractivity contribution in [2.45, 2.75) is 32.8 Å². The molecule has 0 saturated heterocycles. The Morgan fingerprint density at radius 3 is 2.55 bits per heavy atom. The third-order valence-corrected chi connectivity index (χ3v) is 5.73. The second-order valence-corrected chi connectivity index (χ2v) is 9.79. The maximum Gasteiger partial charge on any atom is 0.435 e. The van der Waals surface area contributed by atoms with E-state index in [-0.39, 0.29) is 0 Å². The van der Waals surface area contributed by atoms with Crippen molar-refractivity contribution in [3.8, 4) is 11.3 Å². The molecule has 0 unspecified atom stereocenters. The zero-order chi connectivity index (χ0) is 26.7. The maximum atomic E-state index is 12.6. The Hall–Kier alpha value is -4.63. The van der Waals surface area contributed by atoms with E-state index in [1.54, 1.807) is 57.4 Å². The molecule has 9 nitrogen and oxygen atoms in total. The number of nitrogens with zero attached hydrogens (tertiary/aromatic N) is 4. The maximum absolute atomic E-state index is 12.6. The van der Waals surface area contributed by atoms with E-state index >= 15 is 0 Å². The highest BCUT2D eigenvalue weighted by molar-refractivity contribution is 5.94. The van der Waals surface area contributed by atoms with Crippen LogP contribution in [0, 0.1) is 0 Å². The van der Waals surface area contributed by atoms with Crippen molar-refractivity contribution in [1.82, 2.24) is 25.2 Å². The van der Waals surface area contributed by atoms with Gasteiger partial charge < -0.3 is 9.57 Å². The van der Waals surface area contributed by atoms with Crippen molar-refractivity contribution in [2.75, 3.05) is 6.54 Å². The molecule has 2 aromatic heterocycles. The molecule has 0 saturated carbocycles. The molecule has 3 aromatic carbocycles. The molecule has 9 heteroatoms. The lowest BCUT2D eigenvalue weighted by Gasteiger charge is -2.19. The Morgan fingerprint density at radius 2 is 1.76 bits per heavy atom. The standard InChI is InChI=1S/C29H27N5O4/c1-29(2,3)37-28(36)34-26-12-10-20(15-22(26)17-31-34)25-18-30-23-11-9-21(16-24(23)33-25)27(35)38-32-14-13-19-7-5-4-6-8-19/h4-12,15-18,32H,13-14H2,1-3H3. The minimum Gasteiger partial charge on any atom is -0.442 e. The van der Waals surface area contributed by atoms with Crippen molar-refractivity contribution >= 4 is 34.0 Å². The Balaban J connectivity index is 1.31. The molecule has 0 aliphatic carbocycles. The first-order valence-electron chi connectivity index (χ1n) is 12.2. The Kier molecular flexibility index (Phi) is 6.85. The average molecular weight is 510 g/mol. The normalized spacial score (nSPS) is 11.6. The SMILES string of the molecule is CC(C)(C)OC(=O)n1ncc2cc(-c3cnc4ccc(C(=O)ONCCc5ccccc5)cc4n3)ccc21. The van der Waals surface area contributed by atoms with Crippen molar-refractivity contribution < 1.29 is 19.2 Å². The van der Waals surface area contributed by atoms with Crippen LogP contribution in [-0.2, 0) is 16.0 Å². The lowest BCUT2D eigenvalue weighted by molar-refractivity contribution is 0.0256. The number of fused-ring (bicyclic) bond motifs is 2. The number of carbonyl (C=O) groups excluding carboxylic acids is 2. The van der Waals surface area contributed by atoms with Gasteiger partial charge in [0, 0.05) is 17.5 Å². The van der Waals surface area contributed by atoms with Gasteiger partial charge in [-0.25, -0.2) is 14.6 Å². The summed E-state index contributed by atoms with van der Waals surface area (Å²) in [5.74, 6) is -0.497. The summed E-state index contributed by atoms with van der Waals surface area (Å²) in [7, 11) is 0. The second kappa shape index (κ2) is 10.4. The molecule has 0 atom stereocenters. The summed E-state index contributed by atoms with van der Waals surface area (Å²) in [5, 5.41) is 4.95. The predicted octanol–water partition coefficient (Wildman–Crippen LogP) is 5.33. The number of hydroxylamine groups is 1. The van der Waals surface area contributed by atoms with Gasteiger partial charge in [0.05, 0.1) is 40.2 Å². The highest BCUT2D eigenvalue weighted by atomic mass is 16.7. The first kappa shape index (κ1) is 25.0. The smallest absolute Gasteiger partial charge is 0.435 e. The van der Waals surface area contributed by atoms with Gasteiger partial charge in [-0.2, -0.15) is 15.3 Å². The van der Waals surface area contributed by atoms with Crippen molar-refractivity contribution in [3.05, 3.63) is 90.3 Å². The Labute approximate surface area is 219 Å². The predicted molar refractivity (Wildman–Crippen MR) is 143 cm³/mol. The third-order valence-electron chi connectivity index (χ3n) is 5.73. The molecular formula is C29H27N5O4. The van der Waals surface area contributed by atoms with Gasteiger partial charge in [0.15, 0.2) is 0 Å². The van der Waals surface area contributed by atoms with Crippen LogP contribution in [-0.4, -0.2) is 44.0 Å². The largest absolute Gasteiger partial charge is 0.442 e. The summed E-state index contributed by atoms with van der Waals surface area (Å²) in [6, 6.07) is 20.5. The summed E-state index contributed by atoms with van der Waals surface area (Å²) in [5.41, 5.74) is 6.88. The minimum atomic E-state index is -0.626. The van der Waals surface area contributed by atoms with Crippen LogP contribution in [0.3, 0.4) is 0 Å². The molecule has 0 aliphatic rings. The van der Waals surface area contributed by atoms with E-state index in [4.69, 9.17) is 14.6 Å². The molecule has 0 radical (unpaired) electrons. The van der Waals surface area contributed by atoms with E-state index in [2.05, 4.69) is 15.6 Å². The summed E-state index contributed by atoms with van der Waals surface area (Å²) >= 11 is 0. The molecule has 0 fully saturated rings. The number of hydrogen-bond donors (Lipinski definition) is 1. The number of aromatic nitrogens is 4. The van der Waals surface area contributed by atoms with Gasteiger partial charge in [0.25, 0.3) is 0 Å². The van der Waals surface area contributed by atoms with Gasteiger partial charge in [0.1, 0.15) is 5.60 Å². The number of nitrogens with one attached hydrogen (secondary N) is 1. The van der Waals surface area contributed by atoms with Crippen LogP contribution in [0.15, 0.2) is 79.1 Å². The number of hydrogen-bond acceptors (Lipinski definition) is 8. The monoisotopic (exact) mass is 509 g/mol. The van der Waals surface area contributed by atoms with E-state index in [0.717, 1.165) is 22.9 Å². The fourth-order valence-corrected chi connectivity index (χ4v) is 3.94. The van der Waals surface area contributed by atoms with Gasteiger partial charge in [-0.15, -0.1) is 0 Å². The second-order valence-electron chi connectivity index (χ2n) is 9.79. The highest BCUT2D eigenvalue weighted by Crippen LogP contribution is 2.25. The molecule has 5 rings (SSSR count). The van der Waals surface area contributed by atoms with Crippen LogP contribution < -0.4 is 5.48 Å². The number of carbonyl (C=O) groups is 2. The summed E-state index contributed by atoms with van der Waals surface area (Å²) < 4.78 is 6.67. The zero-order valence-electron chi connectivity index (χ0n) is 21.3. The molecule has 0 bridgehead atoms. The molecule has 2 heterocycles. The zero-order valence-corrected chi connectivity index (χ0v) is 21.3. The molecule has 0 aliphatic heterocycles. The Morgan fingerprint density at radius 1 is 0.947 bits per heavy atom. The van der Waals surface area contributed by atoms with Crippen molar-refractivity contribution in [2.24, 2.45) is 0 Å². The van der Waals surface area contributed by atoms with Gasteiger partial charge in [0.2, 0.25) is 0 Å². The third kappa shape index (κ3) is 5.68. The van der Waals surface area contributed by atoms with Crippen LogP contribution >= 0.6 is 0 Å². The molecule has 1 N–H and O–H groups in total. The highest BCUT2D eigenvalue weighted by Gasteiger charge is 2.20. The van der Waals surface area contributed by atoms with Crippen LogP contribution in [0.5, 0.6) is 0 Å². The number of ether oxygens (including phenoxy) is 1. The number of rotatable bonds is 6. The van der Waals surface area contributed by atoms with Gasteiger partial charge in [-0.1, -0.05) is 36.4 Å². The average Bonchev–Trinajstić information content (AvgIpc) is 3.33. The van der Waals surface area contributed by atoms with E-state index < -0.39 is 17.7 Å². The summed E-state index contributed by atoms with van der Waals surface area (Å²) in [4.78, 5) is 39.5.